The fourth-order valence-electron chi connectivity index (χ4n) is 2.90. The molecule has 3 aliphatic rings. The van der Waals surface area contributed by atoms with Gasteiger partial charge >= 0.3 is 0 Å². The van der Waals surface area contributed by atoms with E-state index in [1.54, 1.807) is 0 Å². The van der Waals surface area contributed by atoms with Gasteiger partial charge in [0.1, 0.15) is 0 Å². The van der Waals surface area contributed by atoms with Gasteiger partial charge in [0.2, 0.25) is 5.91 Å². The Labute approximate surface area is 102 Å². The lowest BCUT2D eigenvalue weighted by Crippen LogP contribution is -2.43. The van der Waals surface area contributed by atoms with Gasteiger partial charge in [-0.15, -0.1) is 0 Å². The minimum absolute atomic E-state index is 0.206. The Kier molecular flexibility index (Phi) is 2.85. The number of piperidine rings is 1. The molecule has 3 saturated heterocycles. The third-order valence-electron chi connectivity index (χ3n) is 3.79. The molecule has 3 aliphatic heterocycles. The first-order valence-corrected chi connectivity index (χ1v) is 6.38. The van der Waals surface area contributed by atoms with Crippen LogP contribution in [0.15, 0.2) is 30.3 Å². The van der Waals surface area contributed by atoms with Crippen LogP contribution in [0.5, 0.6) is 0 Å². The maximum Gasteiger partial charge on any atom is 0.224 e. The minimum Gasteiger partial charge on any atom is -0.352 e. The molecular formula is C14H18N2O. The zero-order valence-electron chi connectivity index (χ0n) is 9.93. The summed E-state index contributed by atoms with van der Waals surface area (Å²) >= 11 is 0. The molecule has 0 aliphatic carbocycles. The van der Waals surface area contributed by atoms with Crippen molar-refractivity contribution in [3.05, 3.63) is 35.9 Å². The monoisotopic (exact) mass is 230 g/mol. The number of hydrogen-bond donors (Lipinski definition) is 1. The van der Waals surface area contributed by atoms with Crippen molar-refractivity contribution in [3.63, 3.8) is 0 Å². The number of rotatable bonds is 2. The predicted octanol–water partition coefficient (Wildman–Crippen LogP) is 1.40. The van der Waals surface area contributed by atoms with E-state index in [1.165, 1.54) is 5.56 Å². The van der Waals surface area contributed by atoms with Crippen molar-refractivity contribution >= 4 is 5.91 Å². The first-order valence-electron chi connectivity index (χ1n) is 6.38. The highest BCUT2D eigenvalue weighted by Gasteiger charge is 2.34. The van der Waals surface area contributed by atoms with E-state index in [4.69, 9.17) is 0 Å². The van der Waals surface area contributed by atoms with E-state index in [9.17, 15) is 4.79 Å². The fraction of sp³-hybridized carbons (Fsp3) is 0.500. The second-order valence-corrected chi connectivity index (χ2v) is 5.16. The normalized spacial score (nSPS) is 28.8. The summed E-state index contributed by atoms with van der Waals surface area (Å²) in [7, 11) is 0. The minimum atomic E-state index is 0.206. The van der Waals surface area contributed by atoms with Gasteiger partial charge in [-0.25, -0.2) is 0 Å². The molecule has 90 valence electrons. The Balaban J connectivity index is 1.71. The Morgan fingerprint density at radius 3 is 2.76 bits per heavy atom. The zero-order valence-corrected chi connectivity index (χ0v) is 9.93. The van der Waals surface area contributed by atoms with Crippen molar-refractivity contribution in [2.45, 2.75) is 25.4 Å². The molecule has 17 heavy (non-hydrogen) atoms. The molecule has 3 nitrogen and oxygen atoms in total. The smallest absolute Gasteiger partial charge is 0.224 e. The van der Waals surface area contributed by atoms with Crippen LogP contribution in [0.25, 0.3) is 0 Å². The summed E-state index contributed by atoms with van der Waals surface area (Å²) in [5.41, 5.74) is 1.33. The lowest BCUT2D eigenvalue weighted by Gasteiger charge is -2.23. The number of fused-ring (bicyclic) bond motifs is 4. The molecule has 0 saturated carbocycles. The highest BCUT2D eigenvalue weighted by Crippen LogP contribution is 2.23. The number of nitrogens with one attached hydrogen (secondary N) is 1. The first-order chi connectivity index (χ1) is 8.31. The van der Waals surface area contributed by atoms with Crippen molar-refractivity contribution in [3.8, 4) is 0 Å². The van der Waals surface area contributed by atoms with Gasteiger partial charge in [0.15, 0.2) is 0 Å². The van der Waals surface area contributed by atoms with E-state index >= 15 is 0 Å². The van der Waals surface area contributed by atoms with E-state index < -0.39 is 0 Å². The number of amides is 1. The number of hydrogen-bond acceptors (Lipinski definition) is 2. The summed E-state index contributed by atoms with van der Waals surface area (Å²) in [5, 5.41) is 3.11. The molecule has 1 amide bonds. The third kappa shape index (κ3) is 2.34. The second kappa shape index (κ2) is 4.49. The van der Waals surface area contributed by atoms with Crippen LogP contribution < -0.4 is 5.32 Å². The third-order valence-corrected chi connectivity index (χ3v) is 3.79. The fourth-order valence-corrected chi connectivity index (χ4v) is 2.90. The van der Waals surface area contributed by atoms with Crippen LogP contribution >= 0.6 is 0 Å². The summed E-state index contributed by atoms with van der Waals surface area (Å²) in [6.45, 7) is 2.87. The van der Waals surface area contributed by atoms with Gasteiger partial charge in [0.25, 0.3) is 0 Å². The molecule has 1 N–H and O–H groups in total. The van der Waals surface area contributed by atoms with Crippen molar-refractivity contribution in [1.29, 1.82) is 0 Å². The standard InChI is InChI=1S/C14H18N2O/c17-14-12-6-7-13(15-14)10-16(9-12)8-11-4-2-1-3-5-11/h1-5,12-13H,6-10H2,(H,15,17)/t12-,13-/m0/s1. The van der Waals surface area contributed by atoms with Crippen molar-refractivity contribution < 1.29 is 4.79 Å². The van der Waals surface area contributed by atoms with Gasteiger partial charge in [-0.2, -0.15) is 0 Å². The number of carbonyl (C=O) groups excluding carboxylic acids is 1. The van der Waals surface area contributed by atoms with E-state index in [0.29, 0.717) is 6.04 Å². The Morgan fingerprint density at radius 1 is 1.18 bits per heavy atom. The molecule has 3 fully saturated rings. The Bertz CT molecular complexity index is 404. The molecule has 2 bridgehead atoms. The number of benzene rings is 1. The van der Waals surface area contributed by atoms with Crippen molar-refractivity contribution in [2.24, 2.45) is 5.92 Å². The molecule has 0 aromatic heterocycles. The number of nitrogens with zero attached hydrogens (tertiary/aromatic N) is 1. The van der Waals surface area contributed by atoms with Crippen LogP contribution in [-0.2, 0) is 11.3 Å². The van der Waals surface area contributed by atoms with Crippen LogP contribution in [0.2, 0.25) is 0 Å². The van der Waals surface area contributed by atoms with Gasteiger partial charge in [-0.3, -0.25) is 9.69 Å². The molecule has 4 rings (SSSR count). The van der Waals surface area contributed by atoms with Gasteiger partial charge in [0, 0.05) is 25.7 Å². The quantitative estimate of drug-likeness (QED) is 0.833. The summed E-state index contributed by atoms with van der Waals surface area (Å²) in [6.07, 6.45) is 2.20. The average molecular weight is 230 g/mol. The highest BCUT2D eigenvalue weighted by molar-refractivity contribution is 5.80. The lowest BCUT2D eigenvalue weighted by atomic mass is 9.96. The van der Waals surface area contributed by atoms with Gasteiger partial charge in [-0.1, -0.05) is 30.3 Å². The van der Waals surface area contributed by atoms with Crippen LogP contribution in [0.1, 0.15) is 18.4 Å². The topological polar surface area (TPSA) is 32.3 Å². The molecule has 2 atom stereocenters. The summed E-state index contributed by atoms with van der Waals surface area (Å²) in [5.74, 6) is 0.467. The van der Waals surface area contributed by atoms with E-state index in [2.05, 4.69) is 34.5 Å². The van der Waals surface area contributed by atoms with Crippen molar-refractivity contribution in [1.82, 2.24) is 10.2 Å². The summed E-state index contributed by atoms with van der Waals surface area (Å²) in [6, 6.07) is 10.9. The summed E-state index contributed by atoms with van der Waals surface area (Å²) < 4.78 is 0. The zero-order chi connectivity index (χ0) is 11.7. The maximum absolute atomic E-state index is 11.7. The average Bonchev–Trinajstić information content (AvgIpc) is 2.60. The lowest BCUT2D eigenvalue weighted by molar-refractivity contribution is -0.126. The second-order valence-electron chi connectivity index (χ2n) is 5.16. The Hall–Kier alpha value is -1.35. The van der Waals surface area contributed by atoms with Crippen LogP contribution in [0, 0.1) is 5.92 Å². The molecule has 0 unspecified atom stereocenters. The van der Waals surface area contributed by atoms with E-state index in [-0.39, 0.29) is 11.8 Å². The SMILES string of the molecule is O=C1N[C@H]2CC[C@H]1CN(Cc1ccccc1)C2. The molecular weight excluding hydrogens is 212 g/mol. The predicted molar refractivity (Wildman–Crippen MR) is 66.4 cm³/mol. The highest BCUT2D eigenvalue weighted by atomic mass is 16.2. The first kappa shape index (κ1) is 10.8. The molecule has 1 aromatic carbocycles. The van der Waals surface area contributed by atoms with Crippen LogP contribution in [-0.4, -0.2) is 29.9 Å². The van der Waals surface area contributed by atoms with Crippen LogP contribution in [0.4, 0.5) is 0 Å². The molecule has 1 aromatic rings. The molecule has 3 heterocycles. The maximum atomic E-state index is 11.7. The van der Waals surface area contributed by atoms with Crippen molar-refractivity contribution in [2.75, 3.05) is 13.1 Å². The van der Waals surface area contributed by atoms with E-state index in [1.807, 2.05) is 6.07 Å². The van der Waals surface area contributed by atoms with Gasteiger partial charge in [-0.05, 0) is 18.4 Å². The van der Waals surface area contributed by atoms with Gasteiger partial charge < -0.3 is 5.32 Å². The molecule has 0 radical (unpaired) electrons. The molecule has 3 heteroatoms. The summed E-state index contributed by atoms with van der Waals surface area (Å²) in [4.78, 5) is 14.1. The molecule has 0 spiro atoms. The number of carbonyl (C=O) groups is 1. The Morgan fingerprint density at radius 2 is 2.00 bits per heavy atom. The van der Waals surface area contributed by atoms with Gasteiger partial charge in [0.05, 0.1) is 5.92 Å². The van der Waals surface area contributed by atoms with E-state index in [0.717, 1.165) is 32.5 Å². The largest absolute Gasteiger partial charge is 0.352 e. The van der Waals surface area contributed by atoms with Crippen LogP contribution in [0.3, 0.4) is 0 Å².